The molecule has 0 aliphatic carbocycles. The summed E-state index contributed by atoms with van der Waals surface area (Å²) in [5, 5.41) is 0. The fourth-order valence-corrected chi connectivity index (χ4v) is 2.62. The van der Waals surface area contributed by atoms with Gasteiger partial charge >= 0.3 is 0 Å². The highest BCUT2D eigenvalue weighted by molar-refractivity contribution is 5.72. The molecule has 4 heteroatoms. The lowest BCUT2D eigenvalue weighted by molar-refractivity contribution is -0.105. The van der Waals surface area contributed by atoms with E-state index in [1.165, 1.54) is 16.7 Å². The van der Waals surface area contributed by atoms with Gasteiger partial charge in [-0.25, -0.2) is 0 Å². The Morgan fingerprint density at radius 3 is 2.90 bits per heavy atom. The quantitative estimate of drug-likeness (QED) is 0.655. The minimum Gasteiger partial charge on any atom is -0.395 e. The molecule has 0 saturated carbocycles. The maximum atomic E-state index is 10.9. The van der Waals surface area contributed by atoms with Crippen molar-refractivity contribution in [1.29, 1.82) is 0 Å². The summed E-state index contributed by atoms with van der Waals surface area (Å²) >= 11 is 0. The van der Waals surface area contributed by atoms with Gasteiger partial charge in [0.05, 0.1) is 18.0 Å². The number of benzene rings is 1. The number of aryl methyl sites for hydroxylation is 1. The summed E-state index contributed by atoms with van der Waals surface area (Å²) in [7, 11) is 1.62. The van der Waals surface area contributed by atoms with E-state index in [4.69, 9.17) is 10.5 Å². The maximum Gasteiger partial charge on any atom is 0.167 e. The van der Waals surface area contributed by atoms with Crippen LogP contribution in [0.4, 0.5) is 0 Å². The van der Waals surface area contributed by atoms with Crippen LogP contribution in [-0.4, -0.2) is 31.4 Å². The minimum atomic E-state index is 0.266. The van der Waals surface area contributed by atoms with E-state index < -0.39 is 0 Å². The van der Waals surface area contributed by atoms with Crippen molar-refractivity contribution in [3.05, 3.63) is 46.3 Å². The van der Waals surface area contributed by atoms with Crippen LogP contribution in [0.15, 0.2) is 29.6 Å². The van der Waals surface area contributed by atoms with E-state index in [1.807, 2.05) is 0 Å². The molecule has 2 N–H and O–H groups in total. The van der Waals surface area contributed by atoms with Crippen molar-refractivity contribution in [3.63, 3.8) is 0 Å². The van der Waals surface area contributed by atoms with Gasteiger partial charge in [-0.3, -0.25) is 4.79 Å². The Labute approximate surface area is 120 Å². The number of aldehydes is 1. The zero-order valence-corrected chi connectivity index (χ0v) is 12.2. The lowest BCUT2D eigenvalue weighted by Crippen LogP contribution is -2.34. The van der Waals surface area contributed by atoms with Crippen molar-refractivity contribution in [3.8, 4) is 0 Å². The van der Waals surface area contributed by atoms with Crippen molar-refractivity contribution in [2.24, 2.45) is 5.73 Å². The topological polar surface area (TPSA) is 55.6 Å². The predicted molar refractivity (Wildman–Crippen MR) is 79.1 cm³/mol. The van der Waals surface area contributed by atoms with Crippen LogP contribution in [0.1, 0.15) is 23.6 Å². The number of hydrogen-bond donors (Lipinski definition) is 1. The fraction of sp³-hybridized carbons (Fsp3) is 0.438. The molecule has 0 saturated heterocycles. The molecule has 1 aromatic carbocycles. The number of rotatable bonds is 5. The summed E-state index contributed by atoms with van der Waals surface area (Å²) in [6, 6.07) is 6.66. The molecule has 0 radical (unpaired) electrons. The second-order valence-electron chi connectivity index (χ2n) is 5.08. The normalized spacial score (nSPS) is 15.6. The molecule has 0 bridgehead atoms. The highest BCUT2D eigenvalue weighted by Gasteiger charge is 2.20. The number of nitrogens with zero attached hydrogens (tertiary/aromatic N) is 1. The summed E-state index contributed by atoms with van der Waals surface area (Å²) in [6.45, 7) is 4.18. The van der Waals surface area contributed by atoms with Gasteiger partial charge in [-0.15, -0.1) is 0 Å². The summed E-state index contributed by atoms with van der Waals surface area (Å²) in [6.07, 6.45) is 2.70. The number of carbonyl (C=O) groups excluding carboxylic acids is 1. The average Bonchev–Trinajstić information content (AvgIpc) is 2.50. The first kappa shape index (κ1) is 14.6. The van der Waals surface area contributed by atoms with Gasteiger partial charge in [0.2, 0.25) is 0 Å². The molecule has 0 amide bonds. The smallest absolute Gasteiger partial charge is 0.167 e. The van der Waals surface area contributed by atoms with Crippen LogP contribution in [0.5, 0.6) is 0 Å². The number of allylic oxidation sites excluding steroid dienone is 1. The van der Waals surface area contributed by atoms with Crippen LogP contribution in [0, 0.1) is 0 Å². The molecule has 0 aromatic heterocycles. The molecule has 1 aliphatic rings. The molecule has 1 heterocycles. The van der Waals surface area contributed by atoms with Crippen molar-refractivity contribution in [2.75, 3.05) is 20.3 Å². The lowest BCUT2D eigenvalue weighted by Gasteiger charge is -2.33. The summed E-state index contributed by atoms with van der Waals surface area (Å²) in [5.41, 5.74) is 10.9. The highest BCUT2D eigenvalue weighted by atomic mass is 16.5. The van der Waals surface area contributed by atoms with E-state index >= 15 is 0 Å². The average molecular weight is 274 g/mol. The molecule has 1 aliphatic heterocycles. The number of fused-ring (bicyclic) bond motifs is 1. The highest BCUT2D eigenvalue weighted by Crippen LogP contribution is 2.24. The zero-order chi connectivity index (χ0) is 14.5. The van der Waals surface area contributed by atoms with Crippen LogP contribution in [0.2, 0.25) is 0 Å². The third-order valence-corrected chi connectivity index (χ3v) is 3.81. The van der Waals surface area contributed by atoms with Crippen molar-refractivity contribution >= 4 is 6.29 Å². The summed E-state index contributed by atoms with van der Waals surface area (Å²) in [5.74, 6) is 0. The van der Waals surface area contributed by atoms with Gasteiger partial charge in [-0.05, 0) is 29.5 Å². The second-order valence-corrected chi connectivity index (χ2v) is 5.08. The predicted octanol–water partition coefficient (Wildman–Crippen LogP) is 1.62. The van der Waals surface area contributed by atoms with Crippen LogP contribution in [-0.2, 0) is 28.9 Å². The SMILES string of the molecule is CCc1ccc2c(c1)CN(/C(COC)=C(\N)C=O)CC2. The van der Waals surface area contributed by atoms with Gasteiger partial charge in [0.15, 0.2) is 6.29 Å². The van der Waals surface area contributed by atoms with Crippen molar-refractivity contribution in [1.82, 2.24) is 4.90 Å². The van der Waals surface area contributed by atoms with Gasteiger partial charge in [-0.1, -0.05) is 25.1 Å². The van der Waals surface area contributed by atoms with Crippen LogP contribution in [0.25, 0.3) is 0 Å². The molecule has 2 rings (SSSR count). The Balaban J connectivity index is 2.26. The Hall–Kier alpha value is -1.81. The Kier molecular flexibility index (Phi) is 4.79. The van der Waals surface area contributed by atoms with Crippen LogP contribution < -0.4 is 5.73 Å². The van der Waals surface area contributed by atoms with Crippen LogP contribution in [0.3, 0.4) is 0 Å². The molecule has 108 valence electrons. The molecule has 0 unspecified atom stereocenters. The monoisotopic (exact) mass is 274 g/mol. The van der Waals surface area contributed by atoms with E-state index in [9.17, 15) is 4.79 Å². The molecular formula is C16H22N2O2. The number of hydrogen-bond acceptors (Lipinski definition) is 4. The standard InChI is InChI=1S/C16H22N2O2/c1-3-12-4-5-13-6-7-18(9-14(13)8-12)16(11-20-2)15(17)10-19/h4-5,8,10H,3,6-7,9,11,17H2,1-2H3/b16-15-. The first-order valence-electron chi connectivity index (χ1n) is 6.98. The van der Waals surface area contributed by atoms with E-state index in [1.54, 1.807) is 7.11 Å². The second kappa shape index (κ2) is 6.57. The van der Waals surface area contributed by atoms with E-state index in [0.29, 0.717) is 12.9 Å². The van der Waals surface area contributed by atoms with Crippen LogP contribution >= 0.6 is 0 Å². The van der Waals surface area contributed by atoms with Gasteiger partial charge in [0.25, 0.3) is 0 Å². The molecule has 4 nitrogen and oxygen atoms in total. The van der Waals surface area contributed by atoms with E-state index in [2.05, 4.69) is 30.0 Å². The first-order chi connectivity index (χ1) is 9.69. The third kappa shape index (κ3) is 3.02. The number of carbonyl (C=O) groups is 1. The zero-order valence-electron chi connectivity index (χ0n) is 12.2. The van der Waals surface area contributed by atoms with Gasteiger partial charge < -0.3 is 15.4 Å². The maximum absolute atomic E-state index is 10.9. The summed E-state index contributed by atoms with van der Waals surface area (Å²) in [4.78, 5) is 13.1. The number of ether oxygens (including phenoxy) is 1. The fourth-order valence-electron chi connectivity index (χ4n) is 2.62. The molecule has 1 aromatic rings. The molecule has 20 heavy (non-hydrogen) atoms. The third-order valence-electron chi connectivity index (χ3n) is 3.81. The lowest BCUT2D eigenvalue weighted by atomic mass is 9.96. The first-order valence-corrected chi connectivity index (χ1v) is 6.98. The van der Waals surface area contributed by atoms with E-state index in [0.717, 1.165) is 31.6 Å². The molecule has 0 fully saturated rings. The minimum absolute atomic E-state index is 0.266. The Bertz CT molecular complexity index is 523. The Morgan fingerprint density at radius 2 is 2.25 bits per heavy atom. The number of nitrogens with two attached hydrogens (primary N) is 1. The number of methoxy groups -OCH3 is 1. The van der Waals surface area contributed by atoms with Gasteiger partial charge in [0, 0.05) is 20.2 Å². The summed E-state index contributed by atoms with van der Waals surface area (Å²) < 4.78 is 5.17. The van der Waals surface area contributed by atoms with Gasteiger partial charge in [-0.2, -0.15) is 0 Å². The van der Waals surface area contributed by atoms with Crippen molar-refractivity contribution < 1.29 is 9.53 Å². The largest absolute Gasteiger partial charge is 0.395 e. The molecular weight excluding hydrogens is 252 g/mol. The van der Waals surface area contributed by atoms with E-state index in [-0.39, 0.29) is 5.70 Å². The van der Waals surface area contributed by atoms with Crippen molar-refractivity contribution in [2.45, 2.75) is 26.3 Å². The molecule has 0 atom stereocenters. The van der Waals surface area contributed by atoms with Gasteiger partial charge in [0.1, 0.15) is 0 Å². The Morgan fingerprint density at radius 1 is 1.45 bits per heavy atom. The molecule has 0 spiro atoms.